The minimum atomic E-state index is -3.15. The molecule has 0 bridgehead atoms. The highest BCUT2D eigenvalue weighted by Crippen LogP contribution is 2.22. The summed E-state index contributed by atoms with van der Waals surface area (Å²) in [4.78, 5) is 11.7. The van der Waals surface area contributed by atoms with Gasteiger partial charge in [0.1, 0.15) is 12.4 Å². The molecule has 0 radical (unpaired) electrons. The van der Waals surface area contributed by atoms with Gasteiger partial charge in [0.15, 0.2) is 9.84 Å². The molecule has 1 rings (SSSR count). The summed E-state index contributed by atoms with van der Waals surface area (Å²) < 4.78 is 32.8. The van der Waals surface area contributed by atoms with Crippen molar-refractivity contribution in [2.24, 2.45) is 0 Å². The van der Waals surface area contributed by atoms with Gasteiger partial charge >= 0.3 is 5.97 Å². The van der Waals surface area contributed by atoms with E-state index in [1.165, 1.54) is 19.2 Å². The van der Waals surface area contributed by atoms with Gasteiger partial charge in [0.25, 0.3) is 0 Å². The number of benzene rings is 1. The third kappa shape index (κ3) is 4.73. The highest BCUT2D eigenvalue weighted by atomic mass is 32.2. The average molecular weight is 301 g/mol. The Morgan fingerprint density at radius 1 is 1.30 bits per heavy atom. The van der Waals surface area contributed by atoms with Gasteiger partial charge in [-0.25, -0.2) is 13.2 Å². The van der Waals surface area contributed by atoms with Crippen molar-refractivity contribution in [3.05, 3.63) is 23.8 Å². The number of carbonyl (C=O) groups excluding carboxylic acids is 1. The molecule has 2 N–H and O–H groups in total. The number of hydrogen-bond acceptors (Lipinski definition) is 6. The van der Waals surface area contributed by atoms with Gasteiger partial charge in [-0.1, -0.05) is 6.92 Å². The van der Waals surface area contributed by atoms with E-state index in [9.17, 15) is 13.2 Å². The molecule has 0 aromatic heterocycles. The fourth-order valence-electron chi connectivity index (χ4n) is 1.62. The molecule has 0 saturated carbocycles. The first-order valence-electron chi connectivity index (χ1n) is 6.20. The molecule has 1 aromatic carbocycles. The number of nitrogen functional groups attached to an aromatic ring is 1. The molecule has 7 heteroatoms. The van der Waals surface area contributed by atoms with Crippen molar-refractivity contribution in [2.45, 2.75) is 13.3 Å². The topological polar surface area (TPSA) is 95.7 Å². The summed E-state index contributed by atoms with van der Waals surface area (Å²) >= 11 is 0. The Hall–Kier alpha value is -1.76. The molecular formula is C13H19NO5S. The number of esters is 1. The van der Waals surface area contributed by atoms with Crippen LogP contribution in [0.3, 0.4) is 0 Å². The molecule has 0 aliphatic carbocycles. The molecule has 0 atom stereocenters. The lowest BCUT2D eigenvalue weighted by atomic mass is 10.2. The standard InChI is InChI=1S/C13H19NO5S/c1-3-7-20(16,17)8-6-19-13(15)10-4-5-12(18-2)11(14)9-10/h4-5,9H,3,6-8,14H2,1-2H3. The summed E-state index contributed by atoms with van der Waals surface area (Å²) in [6.45, 7) is 1.62. The zero-order chi connectivity index (χ0) is 15.2. The second kappa shape index (κ2) is 7.14. The van der Waals surface area contributed by atoms with E-state index >= 15 is 0 Å². The first-order chi connectivity index (χ1) is 9.39. The van der Waals surface area contributed by atoms with Crippen LogP contribution < -0.4 is 10.5 Å². The van der Waals surface area contributed by atoms with Gasteiger partial charge in [0.2, 0.25) is 0 Å². The van der Waals surface area contributed by atoms with E-state index in [2.05, 4.69) is 0 Å². The van der Waals surface area contributed by atoms with E-state index in [0.29, 0.717) is 17.9 Å². The first kappa shape index (κ1) is 16.3. The van der Waals surface area contributed by atoms with Gasteiger partial charge in [-0.3, -0.25) is 0 Å². The lowest BCUT2D eigenvalue weighted by Gasteiger charge is -2.08. The van der Waals surface area contributed by atoms with E-state index in [1.54, 1.807) is 13.0 Å². The number of anilines is 1. The van der Waals surface area contributed by atoms with Crippen LogP contribution in [0.5, 0.6) is 5.75 Å². The Morgan fingerprint density at radius 3 is 2.55 bits per heavy atom. The van der Waals surface area contributed by atoms with Crippen molar-refractivity contribution in [3.8, 4) is 5.75 Å². The molecule has 0 aliphatic heterocycles. The van der Waals surface area contributed by atoms with Crippen molar-refractivity contribution >= 4 is 21.5 Å². The maximum atomic E-state index is 11.7. The lowest BCUT2D eigenvalue weighted by Crippen LogP contribution is -2.17. The van der Waals surface area contributed by atoms with Crippen LogP contribution in [0.2, 0.25) is 0 Å². The quantitative estimate of drug-likeness (QED) is 0.601. The minimum absolute atomic E-state index is 0.0973. The van der Waals surface area contributed by atoms with E-state index in [-0.39, 0.29) is 23.7 Å². The van der Waals surface area contributed by atoms with E-state index in [0.717, 1.165) is 0 Å². The third-order valence-electron chi connectivity index (χ3n) is 2.61. The maximum Gasteiger partial charge on any atom is 0.338 e. The fourth-order valence-corrected chi connectivity index (χ4v) is 2.78. The molecular weight excluding hydrogens is 282 g/mol. The van der Waals surface area contributed by atoms with Gasteiger partial charge in [-0.15, -0.1) is 0 Å². The number of hydrogen-bond donors (Lipinski definition) is 1. The summed E-state index contributed by atoms with van der Waals surface area (Å²) in [6, 6.07) is 4.50. The molecule has 1 aromatic rings. The second-order valence-electron chi connectivity index (χ2n) is 4.24. The first-order valence-corrected chi connectivity index (χ1v) is 8.03. The molecule has 0 unspecified atom stereocenters. The molecule has 0 fully saturated rings. The highest BCUT2D eigenvalue weighted by molar-refractivity contribution is 7.91. The Morgan fingerprint density at radius 2 is 2.00 bits per heavy atom. The number of carbonyl (C=O) groups is 1. The van der Waals surface area contributed by atoms with Crippen molar-refractivity contribution < 1.29 is 22.7 Å². The van der Waals surface area contributed by atoms with Crippen LogP contribution in [0.1, 0.15) is 23.7 Å². The number of methoxy groups -OCH3 is 1. The van der Waals surface area contributed by atoms with Crippen LogP contribution in [-0.2, 0) is 14.6 Å². The Kier molecular flexibility index (Phi) is 5.82. The minimum Gasteiger partial charge on any atom is -0.495 e. The van der Waals surface area contributed by atoms with Gasteiger partial charge in [-0.2, -0.15) is 0 Å². The van der Waals surface area contributed by atoms with Crippen molar-refractivity contribution in [3.63, 3.8) is 0 Å². The van der Waals surface area contributed by atoms with Crippen LogP contribution >= 0.6 is 0 Å². The van der Waals surface area contributed by atoms with Crippen molar-refractivity contribution in [1.29, 1.82) is 0 Å². The fraction of sp³-hybridized carbons (Fsp3) is 0.462. The van der Waals surface area contributed by atoms with Crippen molar-refractivity contribution in [1.82, 2.24) is 0 Å². The van der Waals surface area contributed by atoms with E-state index in [1.807, 2.05) is 0 Å². The van der Waals surface area contributed by atoms with Crippen LogP contribution in [0.15, 0.2) is 18.2 Å². The molecule has 0 amide bonds. The molecule has 0 heterocycles. The molecule has 20 heavy (non-hydrogen) atoms. The SMILES string of the molecule is CCCS(=O)(=O)CCOC(=O)c1ccc(OC)c(N)c1. The summed E-state index contributed by atoms with van der Waals surface area (Å²) in [5, 5.41) is 0. The predicted molar refractivity (Wildman–Crippen MR) is 76.6 cm³/mol. The summed E-state index contributed by atoms with van der Waals surface area (Å²) in [5.74, 6) is -0.212. The van der Waals surface area contributed by atoms with Crippen LogP contribution in [-0.4, -0.2) is 39.6 Å². The zero-order valence-corrected chi connectivity index (χ0v) is 12.4. The highest BCUT2D eigenvalue weighted by Gasteiger charge is 2.13. The van der Waals surface area contributed by atoms with Crippen molar-refractivity contribution in [2.75, 3.05) is 31.0 Å². The summed E-state index contributed by atoms with van der Waals surface area (Å²) in [7, 11) is -1.68. The van der Waals surface area contributed by atoms with Crippen LogP contribution in [0.4, 0.5) is 5.69 Å². The monoisotopic (exact) mass is 301 g/mol. The van der Waals surface area contributed by atoms with E-state index < -0.39 is 15.8 Å². The smallest absolute Gasteiger partial charge is 0.338 e. The van der Waals surface area contributed by atoms with Crippen LogP contribution in [0, 0.1) is 0 Å². The third-order valence-corrected chi connectivity index (χ3v) is 4.43. The Labute approximate surface area is 118 Å². The number of ether oxygens (including phenoxy) is 2. The van der Waals surface area contributed by atoms with Crippen LogP contribution in [0.25, 0.3) is 0 Å². The molecule has 112 valence electrons. The largest absolute Gasteiger partial charge is 0.495 e. The predicted octanol–water partition coefficient (Wildman–Crippen LogP) is 1.26. The maximum absolute atomic E-state index is 11.7. The van der Waals surface area contributed by atoms with Gasteiger partial charge in [-0.05, 0) is 24.6 Å². The molecule has 0 saturated heterocycles. The summed E-state index contributed by atoms with van der Waals surface area (Å²) in [6.07, 6.45) is 0.547. The molecule has 6 nitrogen and oxygen atoms in total. The Balaban J connectivity index is 2.58. The second-order valence-corrected chi connectivity index (χ2v) is 6.55. The molecule has 0 aliphatic rings. The average Bonchev–Trinajstić information content (AvgIpc) is 2.38. The van der Waals surface area contributed by atoms with Gasteiger partial charge < -0.3 is 15.2 Å². The van der Waals surface area contributed by atoms with Gasteiger partial charge in [0.05, 0.1) is 29.9 Å². The summed E-state index contributed by atoms with van der Waals surface area (Å²) in [5.41, 5.74) is 6.26. The van der Waals surface area contributed by atoms with E-state index in [4.69, 9.17) is 15.2 Å². The lowest BCUT2D eigenvalue weighted by molar-refractivity contribution is 0.0529. The number of sulfone groups is 1. The molecule has 0 spiro atoms. The Bertz CT molecular complexity index is 568. The van der Waals surface area contributed by atoms with Gasteiger partial charge in [0, 0.05) is 0 Å². The number of rotatable bonds is 7. The number of nitrogens with two attached hydrogens (primary N) is 1. The zero-order valence-electron chi connectivity index (χ0n) is 11.6. The normalized spacial score (nSPS) is 11.1.